The van der Waals surface area contributed by atoms with E-state index in [-0.39, 0.29) is 18.0 Å². The molecule has 0 aliphatic rings. The molecular formula is C15H14F2N2O2S. The molecular weight excluding hydrogens is 310 g/mol. The van der Waals surface area contributed by atoms with E-state index in [9.17, 15) is 18.4 Å². The topological polar surface area (TPSA) is 58.2 Å². The number of carbonyl (C=O) groups excluding carboxylic acids is 2. The van der Waals surface area contributed by atoms with E-state index < -0.39 is 17.5 Å². The number of halogens is 2. The van der Waals surface area contributed by atoms with Crippen LogP contribution in [0.15, 0.2) is 35.7 Å². The fourth-order valence-corrected chi connectivity index (χ4v) is 2.39. The number of rotatable bonds is 6. The molecule has 1 aromatic heterocycles. The van der Waals surface area contributed by atoms with Gasteiger partial charge in [-0.15, -0.1) is 11.3 Å². The van der Waals surface area contributed by atoms with E-state index in [2.05, 4.69) is 10.6 Å². The van der Waals surface area contributed by atoms with Crippen molar-refractivity contribution in [1.82, 2.24) is 5.32 Å². The molecule has 0 saturated heterocycles. The molecule has 0 aliphatic heterocycles. The molecule has 4 nitrogen and oxygen atoms in total. The smallest absolute Gasteiger partial charge is 0.261 e. The Labute approximate surface area is 130 Å². The van der Waals surface area contributed by atoms with Crippen LogP contribution in [0.5, 0.6) is 0 Å². The molecule has 2 amide bonds. The molecule has 2 rings (SSSR count). The Morgan fingerprint density at radius 2 is 2.00 bits per heavy atom. The highest BCUT2D eigenvalue weighted by Gasteiger charge is 2.09. The number of hydrogen-bond donors (Lipinski definition) is 2. The molecule has 1 aromatic carbocycles. The first-order chi connectivity index (χ1) is 10.6. The lowest BCUT2D eigenvalue weighted by molar-refractivity contribution is -0.116. The second kappa shape index (κ2) is 7.65. The van der Waals surface area contributed by atoms with Crippen molar-refractivity contribution in [2.24, 2.45) is 0 Å². The SMILES string of the molecule is O=C(CCCNC(=O)c1cccs1)Nc1ccc(F)cc1F. The maximum atomic E-state index is 13.4. The number of anilines is 1. The highest BCUT2D eigenvalue weighted by molar-refractivity contribution is 7.12. The molecule has 0 unspecified atom stereocenters. The van der Waals surface area contributed by atoms with Gasteiger partial charge in [0.05, 0.1) is 10.6 Å². The van der Waals surface area contributed by atoms with Crippen LogP contribution in [0, 0.1) is 11.6 Å². The molecule has 0 spiro atoms. The van der Waals surface area contributed by atoms with Crippen LogP contribution in [0.2, 0.25) is 0 Å². The van der Waals surface area contributed by atoms with Crippen molar-refractivity contribution in [3.63, 3.8) is 0 Å². The molecule has 1 heterocycles. The monoisotopic (exact) mass is 324 g/mol. The summed E-state index contributed by atoms with van der Waals surface area (Å²) < 4.78 is 26.1. The van der Waals surface area contributed by atoms with Crippen LogP contribution in [0.1, 0.15) is 22.5 Å². The van der Waals surface area contributed by atoms with E-state index in [0.29, 0.717) is 23.9 Å². The van der Waals surface area contributed by atoms with Crippen molar-refractivity contribution >= 4 is 28.8 Å². The zero-order valence-corrected chi connectivity index (χ0v) is 12.4. The first-order valence-electron chi connectivity index (χ1n) is 6.63. The van der Waals surface area contributed by atoms with Gasteiger partial charge in [-0.2, -0.15) is 0 Å². The van der Waals surface area contributed by atoms with E-state index in [4.69, 9.17) is 0 Å². The standard InChI is InChI=1S/C15H14F2N2O2S/c16-10-5-6-12(11(17)9-10)19-14(20)4-1-7-18-15(21)13-3-2-8-22-13/h2-3,5-6,8-9H,1,4,7H2,(H,18,21)(H,19,20). The minimum atomic E-state index is -0.820. The van der Waals surface area contributed by atoms with Gasteiger partial charge in [-0.05, 0) is 30.0 Å². The largest absolute Gasteiger partial charge is 0.351 e. The molecule has 0 atom stereocenters. The molecule has 116 valence electrons. The third kappa shape index (κ3) is 4.63. The van der Waals surface area contributed by atoms with Gasteiger partial charge in [0.1, 0.15) is 11.6 Å². The molecule has 0 radical (unpaired) electrons. The fraction of sp³-hybridized carbons (Fsp3) is 0.200. The number of thiophene rings is 1. The van der Waals surface area contributed by atoms with Crippen molar-refractivity contribution in [2.75, 3.05) is 11.9 Å². The van der Waals surface area contributed by atoms with Gasteiger partial charge in [0.25, 0.3) is 5.91 Å². The molecule has 0 fully saturated rings. The predicted octanol–water partition coefficient (Wildman–Crippen LogP) is 3.18. The molecule has 0 aliphatic carbocycles. The lowest BCUT2D eigenvalue weighted by atomic mass is 10.2. The van der Waals surface area contributed by atoms with Gasteiger partial charge in [-0.3, -0.25) is 9.59 Å². The first kappa shape index (κ1) is 16.1. The zero-order chi connectivity index (χ0) is 15.9. The summed E-state index contributed by atoms with van der Waals surface area (Å²) in [5, 5.41) is 6.86. The Morgan fingerprint density at radius 3 is 2.68 bits per heavy atom. The van der Waals surface area contributed by atoms with Gasteiger partial charge in [0, 0.05) is 19.0 Å². The molecule has 2 N–H and O–H groups in total. The lowest BCUT2D eigenvalue weighted by Crippen LogP contribution is -2.24. The van der Waals surface area contributed by atoms with E-state index in [0.717, 1.165) is 6.07 Å². The number of amides is 2. The summed E-state index contributed by atoms with van der Waals surface area (Å²) in [5.74, 6) is -2.10. The molecule has 0 bridgehead atoms. The second-order valence-electron chi connectivity index (χ2n) is 4.51. The number of benzene rings is 1. The summed E-state index contributed by atoms with van der Waals surface area (Å²) >= 11 is 1.34. The number of nitrogens with one attached hydrogen (secondary N) is 2. The lowest BCUT2D eigenvalue weighted by Gasteiger charge is -2.07. The van der Waals surface area contributed by atoms with Crippen LogP contribution in [0.3, 0.4) is 0 Å². The van der Waals surface area contributed by atoms with Gasteiger partial charge in [0.2, 0.25) is 5.91 Å². The fourth-order valence-electron chi connectivity index (χ4n) is 1.75. The Kier molecular flexibility index (Phi) is 5.60. The summed E-state index contributed by atoms with van der Waals surface area (Å²) in [4.78, 5) is 23.9. The quantitative estimate of drug-likeness (QED) is 0.802. The average Bonchev–Trinajstić information content (AvgIpc) is 3.01. The third-order valence-corrected chi connectivity index (χ3v) is 3.68. The van der Waals surface area contributed by atoms with Crippen molar-refractivity contribution in [3.8, 4) is 0 Å². The zero-order valence-electron chi connectivity index (χ0n) is 11.6. The van der Waals surface area contributed by atoms with Crippen molar-refractivity contribution in [1.29, 1.82) is 0 Å². The summed E-state index contributed by atoms with van der Waals surface area (Å²) in [6.45, 7) is 0.343. The van der Waals surface area contributed by atoms with Crippen molar-refractivity contribution in [3.05, 3.63) is 52.2 Å². The summed E-state index contributed by atoms with van der Waals surface area (Å²) in [7, 11) is 0. The molecule has 2 aromatic rings. The van der Waals surface area contributed by atoms with Gasteiger partial charge in [-0.1, -0.05) is 6.07 Å². The third-order valence-electron chi connectivity index (χ3n) is 2.82. The number of hydrogen-bond acceptors (Lipinski definition) is 3. The Bertz CT molecular complexity index is 660. The van der Waals surface area contributed by atoms with E-state index in [1.54, 1.807) is 17.5 Å². The molecule has 22 heavy (non-hydrogen) atoms. The molecule has 0 saturated carbocycles. The normalized spacial score (nSPS) is 10.3. The van der Waals surface area contributed by atoms with Gasteiger partial charge in [0.15, 0.2) is 0 Å². The Balaban J connectivity index is 1.71. The van der Waals surface area contributed by atoms with Crippen LogP contribution in [0.4, 0.5) is 14.5 Å². The maximum Gasteiger partial charge on any atom is 0.261 e. The summed E-state index contributed by atoms with van der Waals surface area (Å²) in [6.07, 6.45) is 0.549. The van der Waals surface area contributed by atoms with Crippen LogP contribution < -0.4 is 10.6 Å². The van der Waals surface area contributed by atoms with Gasteiger partial charge >= 0.3 is 0 Å². The van der Waals surface area contributed by atoms with Gasteiger partial charge in [-0.25, -0.2) is 8.78 Å². The van der Waals surface area contributed by atoms with Crippen LogP contribution in [-0.4, -0.2) is 18.4 Å². The maximum absolute atomic E-state index is 13.4. The highest BCUT2D eigenvalue weighted by Crippen LogP contribution is 2.15. The molecule has 7 heteroatoms. The predicted molar refractivity (Wildman–Crippen MR) is 80.9 cm³/mol. The van der Waals surface area contributed by atoms with Crippen LogP contribution >= 0.6 is 11.3 Å². The Hall–Kier alpha value is -2.28. The van der Waals surface area contributed by atoms with E-state index >= 15 is 0 Å². The van der Waals surface area contributed by atoms with Gasteiger partial charge < -0.3 is 10.6 Å². The average molecular weight is 324 g/mol. The Morgan fingerprint density at radius 1 is 1.18 bits per heavy atom. The minimum Gasteiger partial charge on any atom is -0.351 e. The number of carbonyl (C=O) groups is 2. The van der Waals surface area contributed by atoms with Crippen LogP contribution in [0.25, 0.3) is 0 Å². The van der Waals surface area contributed by atoms with Crippen LogP contribution in [-0.2, 0) is 4.79 Å². The van der Waals surface area contributed by atoms with Crippen molar-refractivity contribution in [2.45, 2.75) is 12.8 Å². The summed E-state index contributed by atoms with van der Waals surface area (Å²) in [5.41, 5.74) is -0.0611. The highest BCUT2D eigenvalue weighted by atomic mass is 32.1. The first-order valence-corrected chi connectivity index (χ1v) is 7.51. The second-order valence-corrected chi connectivity index (χ2v) is 5.46. The van der Waals surface area contributed by atoms with E-state index in [1.165, 1.54) is 17.4 Å². The van der Waals surface area contributed by atoms with E-state index in [1.807, 2.05) is 0 Å². The minimum absolute atomic E-state index is 0.0611. The van der Waals surface area contributed by atoms with Crippen molar-refractivity contribution < 1.29 is 18.4 Å². The summed E-state index contributed by atoms with van der Waals surface area (Å²) in [6, 6.07) is 6.44.